The number of pyridine rings is 1. The number of benzene rings is 7. The van der Waals surface area contributed by atoms with Gasteiger partial charge in [-0.05, 0) is 58.1 Å². The molecule has 0 saturated heterocycles. The molecule has 0 radical (unpaired) electrons. The molecule has 56 heavy (non-hydrogen) atoms. The Bertz CT molecular complexity index is 2910. The van der Waals surface area contributed by atoms with Gasteiger partial charge in [-0.15, -0.1) is 17.7 Å². The predicted octanol–water partition coefficient (Wildman–Crippen LogP) is 12.6. The normalized spacial score (nSPS) is 12.5. The van der Waals surface area contributed by atoms with E-state index >= 15 is 0 Å². The van der Waals surface area contributed by atoms with Gasteiger partial charge in [0.15, 0.2) is 0 Å². The maximum Gasteiger partial charge on any atom is 0.148 e. The molecule has 0 saturated carbocycles. The van der Waals surface area contributed by atoms with Crippen LogP contribution in [0.5, 0.6) is 5.75 Å². The van der Waals surface area contributed by atoms with E-state index in [4.69, 9.17) is 9.97 Å². The van der Waals surface area contributed by atoms with E-state index in [1.165, 1.54) is 22.3 Å². The molecule has 9 aromatic rings. The van der Waals surface area contributed by atoms with E-state index in [9.17, 15) is 5.11 Å². The Morgan fingerprint density at radius 3 is 1.98 bits per heavy atom. The molecular formula is C51H36N3OPt-. The average molecular weight is 902 g/mol. The second-order valence-electron chi connectivity index (χ2n) is 14.7. The maximum atomic E-state index is 11.3. The predicted molar refractivity (Wildman–Crippen MR) is 224 cm³/mol. The first-order valence-corrected chi connectivity index (χ1v) is 18.6. The summed E-state index contributed by atoms with van der Waals surface area (Å²) in [6.45, 7) is 4.62. The summed E-state index contributed by atoms with van der Waals surface area (Å²) in [4.78, 5) is 10.4. The summed E-state index contributed by atoms with van der Waals surface area (Å²) < 4.78 is 2.20. The Balaban J connectivity index is 0.00000410. The maximum absolute atomic E-state index is 11.3. The third-order valence-corrected chi connectivity index (χ3v) is 11.1. The summed E-state index contributed by atoms with van der Waals surface area (Å²) >= 11 is 0. The van der Waals surface area contributed by atoms with Gasteiger partial charge in [0.05, 0.1) is 22.3 Å². The molecule has 0 amide bonds. The fourth-order valence-corrected chi connectivity index (χ4v) is 8.40. The van der Waals surface area contributed by atoms with Crippen LogP contribution in [0, 0.1) is 6.07 Å². The number of fused-ring (bicyclic) bond motifs is 4. The van der Waals surface area contributed by atoms with Crippen LogP contribution in [-0.2, 0) is 26.5 Å². The largest absolute Gasteiger partial charge is 0.507 e. The van der Waals surface area contributed by atoms with Crippen molar-refractivity contribution in [1.82, 2.24) is 14.5 Å². The molecule has 1 aliphatic carbocycles. The van der Waals surface area contributed by atoms with E-state index in [0.717, 1.165) is 61.4 Å². The van der Waals surface area contributed by atoms with Gasteiger partial charge in [0.1, 0.15) is 11.6 Å². The van der Waals surface area contributed by atoms with Crippen LogP contribution in [0.3, 0.4) is 0 Å². The van der Waals surface area contributed by atoms with Crippen molar-refractivity contribution in [3.63, 3.8) is 0 Å². The Labute approximate surface area is 341 Å². The van der Waals surface area contributed by atoms with Crippen molar-refractivity contribution in [3.05, 3.63) is 193 Å². The molecule has 2 aromatic heterocycles. The summed E-state index contributed by atoms with van der Waals surface area (Å²) in [6.07, 6.45) is 1.89. The fraction of sp³-hybridized carbons (Fsp3) is 0.0588. The van der Waals surface area contributed by atoms with E-state index in [1.807, 2.05) is 36.5 Å². The minimum Gasteiger partial charge on any atom is -0.507 e. The van der Waals surface area contributed by atoms with Crippen molar-refractivity contribution in [2.45, 2.75) is 19.3 Å². The standard InChI is InChI=1S/C51H36N3O.Pt/c1-51(2)42-24-12-9-21-39(42)48-41(30-36(31-43(48)51)44-32-35(28-29-52-44)33-16-5-3-6-17-33)38-23-15-26-46-49(38)53-50(40-22-11-14-27-47(40)55)54(46)45-25-13-10-20-37(45)34-18-7-4-8-19-34;/h3-29,31-32,55H,1-2H3;/q-1;. The second-order valence-corrected chi connectivity index (χ2v) is 14.7. The number of nitrogens with zero attached hydrogens (tertiary/aromatic N) is 3. The summed E-state index contributed by atoms with van der Waals surface area (Å²) in [5.41, 5.74) is 16.2. The monoisotopic (exact) mass is 901 g/mol. The third kappa shape index (κ3) is 5.72. The first-order chi connectivity index (χ1) is 27.0. The molecule has 272 valence electrons. The number of hydrogen-bond acceptors (Lipinski definition) is 3. The van der Waals surface area contributed by atoms with Crippen molar-refractivity contribution in [1.29, 1.82) is 0 Å². The molecule has 0 unspecified atom stereocenters. The zero-order valence-corrected chi connectivity index (χ0v) is 33.1. The Hall–Kier alpha value is -6.35. The van der Waals surface area contributed by atoms with Crippen LogP contribution < -0.4 is 0 Å². The van der Waals surface area contributed by atoms with Crippen molar-refractivity contribution >= 4 is 11.0 Å². The molecular weight excluding hydrogens is 866 g/mol. The van der Waals surface area contributed by atoms with Crippen LogP contribution in [0.1, 0.15) is 25.0 Å². The number of aromatic nitrogens is 3. The van der Waals surface area contributed by atoms with Gasteiger partial charge < -0.3 is 5.11 Å². The van der Waals surface area contributed by atoms with Gasteiger partial charge >= 0.3 is 0 Å². The van der Waals surface area contributed by atoms with Crippen molar-refractivity contribution < 1.29 is 26.2 Å². The van der Waals surface area contributed by atoms with E-state index in [2.05, 4.69) is 158 Å². The van der Waals surface area contributed by atoms with Crippen LogP contribution in [0.4, 0.5) is 0 Å². The molecule has 0 fully saturated rings. The summed E-state index contributed by atoms with van der Waals surface area (Å²) in [6, 6.07) is 62.3. The number of aromatic hydroxyl groups is 1. The number of phenols is 1. The number of imidazole rings is 1. The van der Waals surface area contributed by atoms with Gasteiger partial charge in [-0.25, -0.2) is 4.98 Å². The van der Waals surface area contributed by atoms with Crippen LogP contribution in [0.25, 0.3) is 83.9 Å². The molecule has 2 heterocycles. The number of hydrogen-bond donors (Lipinski definition) is 1. The van der Waals surface area contributed by atoms with Crippen molar-refractivity contribution in [3.8, 4) is 78.6 Å². The quantitative estimate of drug-likeness (QED) is 0.169. The van der Waals surface area contributed by atoms with Crippen LogP contribution in [0.2, 0.25) is 0 Å². The van der Waals surface area contributed by atoms with E-state index in [-0.39, 0.29) is 32.2 Å². The smallest absolute Gasteiger partial charge is 0.148 e. The summed E-state index contributed by atoms with van der Waals surface area (Å²) in [7, 11) is 0. The molecule has 7 aromatic carbocycles. The average Bonchev–Trinajstić information content (AvgIpc) is 3.74. The number of phenolic OH excluding ortho intramolecular Hbond substituents is 1. The molecule has 0 atom stereocenters. The number of rotatable bonds is 6. The summed E-state index contributed by atoms with van der Waals surface area (Å²) in [5.74, 6) is 0.835. The zero-order valence-electron chi connectivity index (χ0n) is 30.8. The fourth-order valence-electron chi connectivity index (χ4n) is 8.40. The van der Waals surface area contributed by atoms with E-state index in [1.54, 1.807) is 6.07 Å². The minimum absolute atomic E-state index is 0. The molecule has 0 aliphatic heterocycles. The SMILES string of the molecule is CC1(C)c2ccccc2-c2c(-c3cccc4c3nc(-c3ccccc3O)n4-c3ccccc3-c3ccccc3)[c-]c(-c3cc(-c4ccccc4)ccn3)cc21.[Pt]. The second kappa shape index (κ2) is 14.1. The van der Waals surface area contributed by atoms with Gasteiger partial charge in [-0.2, -0.15) is 0 Å². The van der Waals surface area contributed by atoms with Gasteiger partial charge in [0.2, 0.25) is 0 Å². The molecule has 1 aliphatic rings. The van der Waals surface area contributed by atoms with E-state index in [0.29, 0.717) is 11.4 Å². The molecule has 4 nitrogen and oxygen atoms in total. The van der Waals surface area contributed by atoms with E-state index < -0.39 is 0 Å². The van der Waals surface area contributed by atoms with Crippen LogP contribution in [0.15, 0.2) is 176 Å². The topological polar surface area (TPSA) is 50.9 Å². The molecule has 0 bridgehead atoms. The van der Waals surface area contributed by atoms with Crippen LogP contribution >= 0.6 is 0 Å². The van der Waals surface area contributed by atoms with Gasteiger partial charge in [0, 0.05) is 43.9 Å². The first-order valence-electron chi connectivity index (χ1n) is 18.6. The van der Waals surface area contributed by atoms with Gasteiger partial charge in [-0.3, -0.25) is 9.55 Å². The Morgan fingerprint density at radius 2 is 1.21 bits per heavy atom. The molecule has 0 spiro atoms. The van der Waals surface area contributed by atoms with Gasteiger partial charge in [-0.1, -0.05) is 170 Å². The minimum atomic E-state index is -0.259. The third-order valence-electron chi connectivity index (χ3n) is 11.1. The Morgan fingerprint density at radius 1 is 0.571 bits per heavy atom. The molecule has 5 heteroatoms. The van der Waals surface area contributed by atoms with Gasteiger partial charge in [0.25, 0.3) is 0 Å². The molecule has 1 N–H and O–H groups in total. The van der Waals surface area contributed by atoms with Crippen LogP contribution in [-0.4, -0.2) is 19.6 Å². The summed E-state index contributed by atoms with van der Waals surface area (Å²) in [5, 5.41) is 11.3. The Kier molecular flexibility index (Phi) is 8.87. The zero-order chi connectivity index (χ0) is 37.1. The van der Waals surface area contributed by atoms with Crippen molar-refractivity contribution in [2.24, 2.45) is 0 Å². The first kappa shape index (κ1) is 35.4. The number of para-hydroxylation sites is 3. The molecule has 10 rings (SSSR count). The van der Waals surface area contributed by atoms with Crippen molar-refractivity contribution in [2.75, 3.05) is 0 Å².